The Morgan fingerprint density at radius 2 is 2.11 bits per heavy atom. The Hall–Kier alpha value is 0.540. The molecule has 1 saturated carbocycles. The van der Waals surface area contributed by atoms with Gasteiger partial charge in [0.2, 0.25) is 0 Å². The molecule has 0 aliphatic heterocycles. The molecule has 0 aromatic heterocycles. The fourth-order valence-electron chi connectivity index (χ4n) is 1.09. The fraction of sp³-hybridized carbons (Fsp3) is 1.00. The normalized spacial score (nSPS) is 45.0. The van der Waals surface area contributed by atoms with Gasteiger partial charge in [-0.25, -0.2) is 5.73 Å². The van der Waals surface area contributed by atoms with Gasteiger partial charge in [0, 0.05) is 0 Å². The van der Waals surface area contributed by atoms with Gasteiger partial charge in [-0.2, -0.15) is 0 Å². The van der Waals surface area contributed by atoms with Crippen LogP contribution in [0.2, 0.25) is 0 Å². The van der Waals surface area contributed by atoms with Gasteiger partial charge in [-0.1, -0.05) is 24.4 Å². The van der Waals surface area contributed by atoms with E-state index in [4.69, 9.17) is 28.9 Å². The van der Waals surface area contributed by atoms with E-state index in [1.165, 1.54) is 0 Å². The summed E-state index contributed by atoms with van der Waals surface area (Å²) in [5, 5.41) is -0.145. The van der Waals surface area contributed by atoms with Gasteiger partial charge < -0.3 is 0 Å². The molecule has 0 saturated heterocycles. The maximum Gasteiger partial charge on any atom is 0.122 e. The largest absolute Gasteiger partial charge is 0.234 e. The van der Waals surface area contributed by atoms with Gasteiger partial charge in [-0.3, -0.25) is 0 Å². The zero-order valence-corrected chi connectivity index (χ0v) is 6.67. The molecule has 0 amide bonds. The minimum Gasteiger partial charge on any atom is -0.234 e. The Morgan fingerprint density at radius 3 is 2.44 bits per heavy atom. The van der Waals surface area contributed by atoms with Gasteiger partial charge >= 0.3 is 0 Å². The third-order valence-electron chi connectivity index (χ3n) is 1.74. The standard InChI is InChI=1S/C6H10Cl2N/c7-5-3-1-2-4-6(5,8)9/h5,9H,1-4H2. The van der Waals surface area contributed by atoms with Crippen molar-refractivity contribution in [1.82, 2.24) is 5.73 Å². The number of nitrogens with one attached hydrogen (secondary N) is 1. The molecule has 1 aliphatic rings. The highest BCUT2D eigenvalue weighted by molar-refractivity contribution is 6.32. The lowest BCUT2D eigenvalue weighted by Crippen LogP contribution is -2.37. The van der Waals surface area contributed by atoms with E-state index in [0.29, 0.717) is 0 Å². The van der Waals surface area contributed by atoms with Crippen molar-refractivity contribution >= 4 is 23.2 Å². The van der Waals surface area contributed by atoms with Gasteiger partial charge in [-0.15, -0.1) is 11.6 Å². The van der Waals surface area contributed by atoms with Crippen LogP contribution < -0.4 is 5.73 Å². The molecule has 0 heterocycles. The van der Waals surface area contributed by atoms with Crippen LogP contribution in [0.5, 0.6) is 0 Å². The molecule has 1 N–H and O–H groups in total. The van der Waals surface area contributed by atoms with Crippen LogP contribution in [-0.4, -0.2) is 10.4 Å². The average Bonchev–Trinajstić information content (AvgIpc) is 1.77. The van der Waals surface area contributed by atoms with Crippen molar-refractivity contribution in [3.05, 3.63) is 0 Å². The smallest absolute Gasteiger partial charge is 0.122 e. The van der Waals surface area contributed by atoms with Crippen molar-refractivity contribution in [3.8, 4) is 0 Å². The van der Waals surface area contributed by atoms with Gasteiger partial charge in [-0.05, 0) is 12.8 Å². The second kappa shape index (κ2) is 2.65. The number of rotatable bonds is 0. The maximum atomic E-state index is 7.47. The Bertz CT molecular complexity index is 103. The second-order valence-corrected chi connectivity index (χ2v) is 3.78. The maximum absolute atomic E-state index is 7.47. The first-order chi connectivity index (χ1) is 4.13. The monoisotopic (exact) mass is 166 g/mol. The summed E-state index contributed by atoms with van der Waals surface area (Å²) >= 11 is 11.5. The topological polar surface area (TPSA) is 23.8 Å². The third kappa shape index (κ3) is 1.73. The summed E-state index contributed by atoms with van der Waals surface area (Å²) < 4.78 is 0. The van der Waals surface area contributed by atoms with Crippen LogP contribution in [0.15, 0.2) is 0 Å². The van der Waals surface area contributed by atoms with Gasteiger partial charge in [0.15, 0.2) is 0 Å². The van der Waals surface area contributed by atoms with E-state index in [2.05, 4.69) is 0 Å². The minimum atomic E-state index is -0.875. The van der Waals surface area contributed by atoms with E-state index in [-0.39, 0.29) is 5.38 Å². The molecular weight excluding hydrogens is 157 g/mol. The predicted octanol–water partition coefficient (Wildman–Crippen LogP) is 2.39. The first kappa shape index (κ1) is 7.64. The molecule has 1 rings (SSSR count). The quantitative estimate of drug-likeness (QED) is 0.390. The highest BCUT2D eigenvalue weighted by Crippen LogP contribution is 2.34. The SMILES string of the molecule is [NH]C1(Cl)CCCCC1Cl. The Labute approximate surface area is 65.5 Å². The summed E-state index contributed by atoms with van der Waals surface area (Å²) in [6.45, 7) is 0. The molecule has 1 radical (unpaired) electrons. The minimum absolute atomic E-state index is 0.145. The molecule has 1 aliphatic carbocycles. The summed E-state index contributed by atoms with van der Waals surface area (Å²) in [4.78, 5) is -0.875. The first-order valence-electron chi connectivity index (χ1n) is 3.21. The van der Waals surface area contributed by atoms with E-state index in [0.717, 1.165) is 25.7 Å². The number of alkyl halides is 2. The molecule has 3 heteroatoms. The Morgan fingerprint density at radius 1 is 1.44 bits per heavy atom. The number of halogens is 2. The van der Waals surface area contributed by atoms with Crippen molar-refractivity contribution in [3.63, 3.8) is 0 Å². The molecule has 1 fully saturated rings. The zero-order chi connectivity index (χ0) is 6.91. The van der Waals surface area contributed by atoms with Crippen LogP contribution in [0, 0.1) is 0 Å². The zero-order valence-electron chi connectivity index (χ0n) is 5.16. The molecule has 53 valence electrons. The van der Waals surface area contributed by atoms with E-state index in [1.54, 1.807) is 0 Å². The van der Waals surface area contributed by atoms with Crippen LogP contribution in [0.25, 0.3) is 0 Å². The fourth-order valence-corrected chi connectivity index (χ4v) is 1.60. The lowest BCUT2D eigenvalue weighted by Gasteiger charge is -2.30. The third-order valence-corrected chi connectivity index (χ3v) is 2.90. The summed E-state index contributed by atoms with van der Waals surface area (Å²) in [7, 11) is 0. The lowest BCUT2D eigenvalue weighted by molar-refractivity contribution is 0.396. The summed E-state index contributed by atoms with van der Waals surface area (Å²) in [6.07, 6.45) is 3.81. The van der Waals surface area contributed by atoms with Crippen molar-refractivity contribution in [2.75, 3.05) is 0 Å². The highest BCUT2D eigenvalue weighted by Gasteiger charge is 2.34. The molecule has 2 atom stereocenters. The Kier molecular flexibility index (Phi) is 2.25. The summed E-state index contributed by atoms with van der Waals surface area (Å²) in [5.74, 6) is 0. The lowest BCUT2D eigenvalue weighted by atomic mass is 9.95. The summed E-state index contributed by atoms with van der Waals surface area (Å²) in [5.41, 5.74) is 7.47. The van der Waals surface area contributed by atoms with Crippen LogP contribution in [0.3, 0.4) is 0 Å². The van der Waals surface area contributed by atoms with Crippen LogP contribution in [-0.2, 0) is 0 Å². The van der Waals surface area contributed by atoms with Crippen molar-refractivity contribution < 1.29 is 0 Å². The molecule has 0 aromatic carbocycles. The van der Waals surface area contributed by atoms with Crippen LogP contribution in [0.4, 0.5) is 0 Å². The first-order valence-corrected chi connectivity index (χ1v) is 4.02. The van der Waals surface area contributed by atoms with Gasteiger partial charge in [0.05, 0.1) is 5.38 Å². The van der Waals surface area contributed by atoms with E-state index >= 15 is 0 Å². The van der Waals surface area contributed by atoms with Crippen molar-refractivity contribution in [2.45, 2.75) is 36.1 Å². The molecular formula is C6H10Cl2N. The van der Waals surface area contributed by atoms with Gasteiger partial charge in [0.25, 0.3) is 0 Å². The molecule has 0 bridgehead atoms. The predicted molar refractivity (Wildman–Crippen MR) is 39.8 cm³/mol. The molecule has 9 heavy (non-hydrogen) atoms. The molecule has 0 spiro atoms. The van der Waals surface area contributed by atoms with Gasteiger partial charge in [0.1, 0.15) is 5.00 Å². The van der Waals surface area contributed by atoms with Crippen molar-refractivity contribution in [1.29, 1.82) is 0 Å². The van der Waals surface area contributed by atoms with Crippen molar-refractivity contribution in [2.24, 2.45) is 0 Å². The second-order valence-electron chi connectivity index (χ2n) is 2.58. The highest BCUT2D eigenvalue weighted by atomic mass is 35.5. The number of hydrogen-bond donors (Lipinski definition) is 0. The average molecular weight is 167 g/mol. The number of hydrogen-bond acceptors (Lipinski definition) is 0. The van der Waals surface area contributed by atoms with E-state index in [9.17, 15) is 0 Å². The van der Waals surface area contributed by atoms with E-state index < -0.39 is 5.00 Å². The Balaban J connectivity index is 2.49. The van der Waals surface area contributed by atoms with Crippen LogP contribution in [0.1, 0.15) is 25.7 Å². The summed E-state index contributed by atoms with van der Waals surface area (Å²) in [6, 6.07) is 0. The molecule has 2 unspecified atom stereocenters. The molecule has 1 nitrogen and oxygen atoms in total. The van der Waals surface area contributed by atoms with E-state index in [1.807, 2.05) is 0 Å². The molecule has 0 aromatic rings. The van der Waals surface area contributed by atoms with Crippen LogP contribution >= 0.6 is 23.2 Å².